The second-order valence-corrected chi connectivity index (χ2v) is 11.3. The maximum absolute atomic E-state index is 16.2. The Morgan fingerprint density at radius 2 is 1.79 bits per heavy atom. The van der Waals surface area contributed by atoms with Crippen molar-refractivity contribution in [3.05, 3.63) is 76.5 Å². The van der Waals surface area contributed by atoms with Crippen molar-refractivity contribution in [2.24, 2.45) is 0 Å². The Balaban J connectivity index is 1.35. The molecule has 39 heavy (non-hydrogen) atoms. The van der Waals surface area contributed by atoms with E-state index in [-0.39, 0.29) is 17.7 Å². The molecule has 0 unspecified atom stereocenters. The third kappa shape index (κ3) is 6.03. The molecule has 1 N–H and O–H groups in total. The highest BCUT2D eigenvalue weighted by Crippen LogP contribution is 2.48. The maximum atomic E-state index is 16.2. The molecule has 0 atom stereocenters. The number of benzene rings is 2. The van der Waals surface area contributed by atoms with E-state index in [1.807, 2.05) is 27.0 Å². The molecule has 7 heteroatoms. The zero-order valence-corrected chi connectivity index (χ0v) is 23.1. The molecular formula is C32H38F2N2O3. The molecule has 0 amide bonds. The van der Waals surface area contributed by atoms with Gasteiger partial charge in [0.2, 0.25) is 0 Å². The number of halogens is 2. The summed E-state index contributed by atoms with van der Waals surface area (Å²) in [5, 5.41) is 9.47. The number of ether oxygens (including phenoxy) is 1. The summed E-state index contributed by atoms with van der Waals surface area (Å²) in [6.07, 6.45) is 8.18. The third-order valence-electron chi connectivity index (χ3n) is 8.10. The molecule has 208 valence electrons. The number of carbonyl (C=O) groups is 1. The third-order valence-corrected chi connectivity index (χ3v) is 8.10. The lowest BCUT2D eigenvalue weighted by Crippen LogP contribution is -2.44. The Kier molecular flexibility index (Phi) is 8.08. The number of aliphatic carboxylic acids is 1. The van der Waals surface area contributed by atoms with Crippen LogP contribution in [0.1, 0.15) is 69.9 Å². The highest BCUT2D eigenvalue weighted by atomic mass is 19.1. The summed E-state index contributed by atoms with van der Waals surface area (Å²) >= 11 is 0. The van der Waals surface area contributed by atoms with Gasteiger partial charge in [-0.05, 0) is 92.8 Å². The lowest BCUT2D eigenvalue weighted by atomic mass is 9.92. The van der Waals surface area contributed by atoms with Crippen LogP contribution in [0.3, 0.4) is 0 Å². The van der Waals surface area contributed by atoms with Crippen LogP contribution in [0, 0.1) is 11.6 Å². The van der Waals surface area contributed by atoms with Gasteiger partial charge in [0.05, 0.1) is 11.7 Å². The second kappa shape index (κ2) is 11.5. The van der Waals surface area contributed by atoms with E-state index in [9.17, 15) is 14.3 Å². The average Bonchev–Trinajstić information content (AvgIpc) is 3.77. The molecule has 5 nitrogen and oxygen atoms in total. The van der Waals surface area contributed by atoms with Crippen molar-refractivity contribution in [3.8, 4) is 16.9 Å². The van der Waals surface area contributed by atoms with E-state index in [0.29, 0.717) is 47.5 Å². The standard InChI is InChI=1S/C32H38F2N2O3/c1-4-21-19-36(16-13-27(21)32(37)38)26-11-14-35(15-12-26)18-24-17-28(22-5-6-22)29(23-7-9-25(33)10-8-23)30(34)31(24)39-20(2)3/h7-10,13,16-17,20,22,26H,4-6,11-12,14-15,18-19H2,1-3H3,(H,37,38). The normalized spacial score (nSPS) is 18.8. The van der Waals surface area contributed by atoms with Gasteiger partial charge in [0, 0.05) is 49.5 Å². The van der Waals surface area contributed by atoms with E-state index in [1.165, 1.54) is 12.1 Å². The largest absolute Gasteiger partial charge is 0.488 e. The quantitative estimate of drug-likeness (QED) is 0.379. The van der Waals surface area contributed by atoms with Gasteiger partial charge < -0.3 is 14.7 Å². The Morgan fingerprint density at radius 1 is 1.10 bits per heavy atom. The van der Waals surface area contributed by atoms with Crippen LogP contribution in [-0.4, -0.2) is 52.7 Å². The van der Waals surface area contributed by atoms with E-state index < -0.39 is 5.97 Å². The number of carboxylic acids is 1. The zero-order valence-electron chi connectivity index (χ0n) is 23.1. The molecule has 0 spiro atoms. The lowest BCUT2D eigenvalue weighted by Gasteiger charge is -2.40. The molecule has 2 fully saturated rings. The number of piperidine rings is 1. The predicted molar refractivity (Wildman–Crippen MR) is 149 cm³/mol. The molecule has 3 aliphatic rings. The molecule has 0 radical (unpaired) electrons. The van der Waals surface area contributed by atoms with Crippen LogP contribution in [0.2, 0.25) is 0 Å². The molecular weight excluding hydrogens is 498 g/mol. The summed E-state index contributed by atoms with van der Waals surface area (Å²) in [6, 6.07) is 8.54. The van der Waals surface area contributed by atoms with Gasteiger partial charge in [-0.15, -0.1) is 0 Å². The van der Waals surface area contributed by atoms with Crippen molar-refractivity contribution >= 4 is 5.97 Å². The number of likely N-dealkylation sites (tertiary alicyclic amines) is 1. The Morgan fingerprint density at radius 3 is 2.38 bits per heavy atom. The van der Waals surface area contributed by atoms with E-state index in [0.717, 1.165) is 61.9 Å². The monoisotopic (exact) mass is 536 g/mol. The molecule has 2 aromatic rings. The first-order valence-electron chi connectivity index (χ1n) is 14.1. The van der Waals surface area contributed by atoms with Crippen LogP contribution in [0.25, 0.3) is 11.1 Å². The zero-order chi connectivity index (χ0) is 27.7. The highest BCUT2D eigenvalue weighted by molar-refractivity contribution is 5.91. The van der Waals surface area contributed by atoms with Crippen LogP contribution < -0.4 is 4.74 Å². The van der Waals surface area contributed by atoms with E-state index in [4.69, 9.17) is 4.74 Å². The van der Waals surface area contributed by atoms with Crippen LogP contribution >= 0.6 is 0 Å². The summed E-state index contributed by atoms with van der Waals surface area (Å²) in [7, 11) is 0. The Bertz CT molecular complexity index is 1270. The molecule has 2 aliphatic heterocycles. The molecule has 2 heterocycles. The minimum Gasteiger partial charge on any atom is -0.488 e. The number of nitrogens with zero attached hydrogens (tertiary/aromatic N) is 2. The molecule has 1 aliphatic carbocycles. The fourth-order valence-electron chi connectivity index (χ4n) is 5.89. The van der Waals surface area contributed by atoms with Crippen LogP contribution in [0.4, 0.5) is 8.78 Å². The number of hydrogen-bond donors (Lipinski definition) is 1. The summed E-state index contributed by atoms with van der Waals surface area (Å²) < 4.78 is 36.0. The predicted octanol–water partition coefficient (Wildman–Crippen LogP) is 6.88. The van der Waals surface area contributed by atoms with Gasteiger partial charge in [0.25, 0.3) is 0 Å². The van der Waals surface area contributed by atoms with Gasteiger partial charge in [-0.1, -0.05) is 19.1 Å². The smallest absolute Gasteiger partial charge is 0.335 e. The van der Waals surface area contributed by atoms with Gasteiger partial charge in [0.1, 0.15) is 5.82 Å². The van der Waals surface area contributed by atoms with Gasteiger partial charge in [-0.25, -0.2) is 13.6 Å². The van der Waals surface area contributed by atoms with Crippen LogP contribution in [0.15, 0.2) is 53.8 Å². The Labute approximate surface area is 229 Å². The van der Waals surface area contributed by atoms with E-state index in [1.54, 1.807) is 18.2 Å². The summed E-state index contributed by atoms with van der Waals surface area (Å²) in [6.45, 7) is 8.82. The minimum absolute atomic E-state index is 0.181. The van der Waals surface area contributed by atoms with Crippen molar-refractivity contribution in [1.29, 1.82) is 0 Å². The number of hydrogen-bond acceptors (Lipinski definition) is 4. The lowest BCUT2D eigenvalue weighted by molar-refractivity contribution is -0.132. The molecule has 5 rings (SSSR count). The first kappa shape index (κ1) is 27.4. The summed E-state index contributed by atoms with van der Waals surface area (Å²) in [4.78, 5) is 16.2. The fourth-order valence-corrected chi connectivity index (χ4v) is 5.89. The SMILES string of the molecule is CCC1=C(C(=O)O)C=CN(C2CCN(Cc3cc(C4CC4)c(-c4ccc(F)cc4)c(F)c3OC(C)C)CC2)C1. The first-order valence-corrected chi connectivity index (χ1v) is 14.1. The number of carboxylic acid groups (broad SMARTS) is 1. The van der Waals surface area contributed by atoms with Crippen molar-refractivity contribution in [3.63, 3.8) is 0 Å². The fraction of sp³-hybridized carbons (Fsp3) is 0.469. The van der Waals surface area contributed by atoms with Crippen molar-refractivity contribution < 1.29 is 23.4 Å². The maximum Gasteiger partial charge on any atom is 0.335 e. The van der Waals surface area contributed by atoms with Gasteiger partial charge in [-0.2, -0.15) is 0 Å². The van der Waals surface area contributed by atoms with Gasteiger partial charge in [-0.3, -0.25) is 4.90 Å². The summed E-state index contributed by atoms with van der Waals surface area (Å²) in [5.74, 6) is -0.931. The van der Waals surface area contributed by atoms with Gasteiger partial charge >= 0.3 is 5.97 Å². The van der Waals surface area contributed by atoms with E-state index >= 15 is 4.39 Å². The highest BCUT2D eigenvalue weighted by Gasteiger charge is 2.33. The number of rotatable bonds is 9. The average molecular weight is 537 g/mol. The van der Waals surface area contributed by atoms with Crippen molar-refractivity contribution in [1.82, 2.24) is 9.80 Å². The Hall–Kier alpha value is -3.19. The molecule has 2 aromatic carbocycles. The van der Waals surface area contributed by atoms with Crippen LogP contribution in [-0.2, 0) is 11.3 Å². The summed E-state index contributed by atoms with van der Waals surface area (Å²) in [5.41, 5.74) is 4.46. The van der Waals surface area contributed by atoms with Crippen LogP contribution in [0.5, 0.6) is 5.75 Å². The topological polar surface area (TPSA) is 53.0 Å². The van der Waals surface area contributed by atoms with E-state index in [2.05, 4.69) is 15.9 Å². The molecule has 1 saturated heterocycles. The van der Waals surface area contributed by atoms with Crippen molar-refractivity contribution in [2.45, 2.75) is 77.5 Å². The van der Waals surface area contributed by atoms with Gasteiger partial charge in [0.15, 0.2) is 11.6 Å². The molecule has 1 saturated carbocycles. The first-order chi connectivity index (χ1) is 18.7. The van der Waals surface area contributed by atoms with Crippen molar-refractivity contribution in [2.75, 3.05) is 19.6 Å². The molecule has 0 aromatic heterocycles. The minimum atomic E-state index is -0.861. The second-order valence-electron chi connectivity index (χ2n) is 11.3. The molecule has 0 bridgehead atoms.